The topological polar surface area (TPSA) is 42.1 Å². The number of hydrogen-bond donors (Lipinski definition) is 1. The first-order valence-electron chi connectivity index (χ1n) is 6.29. The summed E-state index contributed by atoms with van der Waals surface area (Å²) >= 11 is 6.01. The largest absolute Gasteiger partial charge is 0.371 e. The normalized spacial score (nSPS) is 17.3. The zero-order valence-corrected chi connectivity index (χ0v) is 10.9. The molecule has 0 radical (unpaired) electrons. The van der Waals surface area contributed by atoms with Crippen LogP contribution >= 0.6 is 11.6 Å². The molecule has 0 bridgehead atoms. The lowest BCUT2D eigenvalue weighted by Crippen LogP contribution is -2.39. The molecule has 1 fully saturated rings. The molecule has 0 saturated carbocycles. The molecule has 2 N–H and O–H groups in total. The van der Waals surface area contributed by atoms with E-state index in [0.29, 0.717) is 6.04 Å². The van der Waals surface area contributed by atoms with Crippen molar-refractivity contribution in [3.05, 3.63) is 35.5 Å². The van der Waals surface area contributed by atoms with Gasteiger partial charge in [-0.05, 0) is 37.1 Å². The van der Waals surface area contributed by atoms with Gasteiger partial charge in [-0.3, -0.25) is 4.98 Å². The van der Waals surface area contributed by atoms with Gasteiger partial charge >= 0.3 is 0 Å². The maximum Gasteiger partial charge on any atom is 0.0737 e. The van der Waals surface area contributed by atoms with Gasteiger partial charge in [-0.25, -0.2) is 0 Å². The number of benzene rings is 1. The molecule has 0 spiro atoms. The molecule has 0 aliphatic carbocycles. The molecule has 1 aromatic heterocycles. The number of anilines is 1. The van der Waals surface area contributed by atoms with Crippen LogP contribution in [0.25, 0.3) is 10.9 Å². The molecule has 1 aromatic carbocycles. The molecule has 94 valence electrons. The highest BCUT2D eigenvalue weighted by Gasteiger charge is 2.18. The Morgan fingerprint density at radius 1 is 1.22 bits per heavy atom. The van der Waals surface area contributed by atoms with E-state index in [1.807, 2.05) is 18.3 Å². The SMILES string of the molecule is NC1CCN(c2ccnc3cc(Cl)ccc23)CC1. The van der Waals surface area contributed by atoms with E-state index in [2.05, 4.69) is 22.0 Å². The molecule has 3 nitrogen and oxygen atoms in total. The molecular formula is C14H16ClN3. The summed E-state index contributed by atoms with van der Waals surface area (Å²) in [5.41, 5.74) is 8.14. The fourth-order valence-electron chi connectivity index (χ4n) is 2.52. The Morgan fingerprint density at radius 3 is 2.78 bits per heavy atom. The first-order valence-corrected chi connectivity index (χ1v) is 6.66. The van der Waals surface area contributed by atoms with Gasteiger partial charge in [-0.15, -0.1) is 0 Å². The minimum absolute atomic E-state index is 0.351. The van der Waals surface area contributed by atoms with Crippen LogP contribution < -0.4 is 10.6 Å². The zero-order valence-electron chi connectivity index (χ0n) is 10.1. The highest BCUT2D eigenvalue weighted by atomic mass is 35.5. The van der Waals surface area contributed by atoms with Crippen molar-refractivity contribution in [3.63, 3.8) is 0 Å². The van der Waals surface area contributed by atoms with Crippen LogP contribution in [0.3, 0.4) is 0 Å². The molecular weight excluding hydrogens is 246 g/mol. The Bertz CT molecular complexity index is 562. The number of pyridine rings is 1. The monoisotopic (exact) mass is 261 g/mol. The summed E-state index contributed by atoms with van der Waals surface area (Å²) in [4.78, 5) is 6.77. The lowest BCUT2D eigenvalue weighted by Gasteiger charge is -2.32. The molecule has 2 heterocycles. The number of rotatable bonds is 1. The maximum absolute atomic E-state index is 6.01. The first kappa shape index (κ1) is 11.8. The van der Waals surface area contributed by atoms with E-state index >= 15 is 0 Å². The predicted octanol–water partition coefficient (Wildman–Crippen LogP) is 2.82. The van der Waals surface area contributed by atoms with Crippen LogP contribution in [0.4, 0.5) is 5.69 Å². The Balaban J connectivity index is 2.01. The number of aromatic nitrogens is 1. The number of nitrogens with two attached hydrogens (primary N) is 1. The average molecular weight is 262 g/mol. The maximum atomic E-state index is 6.01. The lowest BCUT2D eigenvalue weighted by atomic mass is 10.0. The van der Waals surface area contributed by atoms with Crippen molar-refractivity contribution in [2.75, 3.05) is 18.0 Å². The number of piperidine rings is 1. The van der Waals surface area contributed by atoms with Gasteiger partial charge in [0.25, 0.3) is 0 Å². The van der Waals surface area contributed by atoms with E-state index < -0.39 is 0 Å². The smallest absolute Gasteiger partial charge is 0.0737 e. The highest BCUT2D eigenvalue weighted by Crippen LogP contribution is 2.29. The lowest BCUT2D eigenvalue weighted by molar-refractivity contribution is 0.502. The van der Waals surface area contributed by atoms with Crippen LogP contribution in [0.15, 0.2) is 30.5 Å². The van der Waals surface area contributed by atoms with Gasteiger partial charge in [0.05, 0.1) is 5.52 Å². The number of hydrogen-bond acceptors (Lipinski definition) is 3. The van der Waals surface area contributed by atoms with E-state index in [-0.39, 0.29) is 0 Å². The van der Waals surface area contributed by atoms with Crippen LogP contribution in [0, 0.1) is 0 Å². The Morgan fingerprint density at radius 2 is 2.00 bits per heavy atom. The quantitative estimate of drug-likeness (QED) is 0.858. The summed E-state index contributed by atoms with van der Waals surface area (Å²) in [6, 6.07) is 8.31. The standard InChI is InChI=1S/C14H16ClN3/c15-10-1-2-12-13(9-10)17-6-3-14(12)18-7-4-11(16)5-8-18/h1-3,6,9,11H,4-5,7-8,16H2. The van der Waals surface area contributed by atoms with Crippen LogP contribution in [0.2, 0.25) is 5.02 Å². The van der Waals surface area contributed by atoms with Gasteiger partial charge in [-0.1, -0.05) is 11.6 Å². The second kappa shape index (κ2) is 4.75. The molecule has 1 saturated heterocycles. The van der Waals surface area contributed by atoms with Gasteiger partial charge < -0.3 is 10.6 Å². The summed E-state index contributed by atoms with van der Waals surface area (Å²) in [5, 5.41) is 1.89. The Hall–Kier alpha value is -1.32. The second-order valence-electron chi connectivity index (χ2n) is 4.82. The molecule has 0 atom stereocenters. The summed E-state index contributed by atoms with van der Waals surface area (Å²) in [6.07, 6.45) is 3.96. The van der Waals surface area contributed by atoms with E-state index in [4.69, 9.17) is 17.3 Å². The third kappa shape index (κ3) is 2.16. The molecule has 0 unspecified atom stereocenters. The van der Waals surface area contributed by atoms with Gasteiger partial charge in [0.2, 0.25) is 0 Å². The third-order valence-corrected chi connectivity index (χ3v) is 3.80. The van der Waals surface area contributed by atoms with E-state index in [1.54, 1.807) is 0 Å². The minimum atomic E-state index is 0.351. The fraction of sp³-hybridized carbons (Fsp3) is 0.357. The summed E-state index contributed by atoms with van der Waals surface area (Å²) in [6.45, 7) is 2.03. The minimum Gasteiger partial charge on any atom is -0.371 e. The average Bonchev–Trinajstić information content (AvgIpc) is 2.38. The first-order chi connectivity index (χ1) is 8.74. The predicted molar refractivity (Wildman–Crippen MR) is 76.2 cm³/mol. The van der Waals surface area contributed by atoms with E-state index in [0.717, 1.165) is 41.9 Å². The molecule has 0 amide bonds. The van der Waals surface area contributed by atoms with Crippen molar-refractivity contribution in [3.8, 4) is 0 Å². The van der Waals surface area contributed by atoms with Crippen molar-refractivity contribution in [1.82, 2.24) is 4.98 Å². The van der Waals surface area contributed by atoms with E-state index in [1.165, 1.54) is 5.69 Å². The fourth-order valence-corrected chi connectivity index (χ4v) is 2.69. The van der Waals surface area contributed by atoms with Crippen molar-refractivity contribution < 1.29 is 0 Å². The van der Waals surface area contributed by atoms with Gasteiger partial charge in [0.15, 0.2) is 0 Å². The molecule has 1 aliphatic heterocycles. The van der Waals surface area contributed by atoms with Crippen LogP contribution in [-0.4, -0.2) is 24.1 Å². The molecule has 3 rings (SSSR count). The molecule has 4 heteroatoms. The summed E-state index contributed by atoms with van der Waals surface area (Å²) < 4.78 is 0. The number of halogens is 1. The van der Waals surface area contributed by atoms with Crippen molar-refractivity contribution in [1.29, 1.82) is 0 Å². The molecule has 1 aliphatic rings. The third-order valence-electron chi connectivity index (χ3n) is 3.56. The molecule has 2 aromatic rings. The van der Waals surface area contributed by atoms with Gasteiger partial charge in [-0.2, -0.15) is 0 Å². The van der Waals surface area contributed by atoms with Gasteiger partial charge in [0, 0.05) is 41.4 Å². The Labute approximate surface area is 112 Å². The number of nitrogens with zero attached hydrogens (tertiary/aromatic N) is 2. The van der Waals surface area contributed by atoms with Crippen molar-refractivity contribution in [2.24, 2.45) is 5.73 Å². The van der Waals surface area contributed by atoms with Crippen molar-refractivity contribution in [2.45, 2.75) is 18.9 Å². The molecule has 18 heavy (non-hydrogen) atoms. The van der Waals surface area contributed by atoms with Crippen LogP contribution in [0.1, 0.15) is 12.8 Å². The van der Waals surface area contributed by atoms with Crippen molar-refractivity contribution >= 4 is 28.2 Å². The van der Waals surface area contributed by atoms with Gasteiger partial charge in [0.1, 0.15) is 0 Å². The zero-order chi connectivity index (χ0) is 12.5. The van der Waals surface area contributed by atoms with E-state index in [9.17, 15) is 0 Å². The summed E-state index contributed by atoms with van der Waals surface area (Å²) in [7, 11) is 0. The Kier molecular flexibility index (Phi) is 3.10. The number of fused-ring (bicyclic) bond motifs is 1. The summed E-state index contributed by atoms with van der Waals surface area (Å²) in [5.74, 6) is 0. The van der Waals surface area contributed by atoms with Crippen LogP contribution in [0.5, 0.6) is 0 Å². The highest BCUT2D eigenvalue weighted by molar-refractivity contribution is 6.31. The van der Waals surface area contributed by atoms with Crippen LogP contribution in [-0.2, 0) is 0 Å². The second-order valence-corrected chi connectivity index (χ2v) is 5.25.